The van der Waals surface area contributed by atoms with Gasteiger partial charge in [-0.25, -0.2) is 0 Å². The lowest BCUT2D eigenvalue weighted by atomic mass is 9.35. The molecule has 0 unspecified atom stereocenters. The minimum atomic E-state index is -0.225. The van der Waals surface area contributed by atoms with Gasteiger partial charge in [0.2, 0.25) is 0 Å². The maximum atomic E-state index is 10.6. The molecular weight excluding hydrogens is 312 g/mol. The van der Waals surface area contributed by atoms with Gasteiger partial charge in [0, 0.05) is 18.1 Å². The predicted molar refractivity (Wildman–Crippen MR) is 97.1 cm³/mol. The molecule has 136 valence electrons. The maximum Gasteiger partial charge on any atom is 0.165 e. The van der Waals surface area contributed by atoms with Crippen LogP contribution in [-0.2, 0) is 10.2 Å². The van der Waals surface area contributed by atoms with Crippen LogP contribution in [0.15, 0.2) is 12.1 Å². The van der Waals surface area contributed by atoms with E-state index >= 15 is 0 Å². The molecule has 4 saturated carbocycles. The minimum absolute atomic E-state index is 0.00356. The molecule has 3 nitrogen and oxygen atoms in total. The quantitative estimate of drug-likeness (QED) is 0.802. The first kappa shape index (κ1) is 16.0. The van der Waals surface area contributed by atoms with E-state index in [-0.39, 0.29) is 22.5 Å². The number of phenols is 1. The lowest BCUT2D eigenvalue weighted by Crippen LogP contribution is -2.75. The van der Waals surface area contributed by atoms with E-state index < -0.39 is 0 Å². The van der Waals surface area contributed by atoms with Crippen molar-refractivity contribution in [3.63, 3.8) is 0 Å². The Labute approximate surface area is 150 Å². The van der Waals surface area contributed by atoms with Crippen LogP contribution < -0.4 is 4.74 Å². The van der Waals surface area contributed by atoms with Crippen molar-refractivity contribution in [1.82, 2.24) is 0 Å². The van der Waals surface area contributed by atoms with Gasteiger partial charge in [-0.05, 0) is 61.5 Å². The van der Waals surface area contributed by atoms with Crippen LogP contribution in [-0.4, -0.2) is 23.9 Å². The molecule has 1 N–H and O–H groups in total. The summed E-state index contributed by atoms with van der Waals surface area (Å²) >= 11 is 0. The number of hydrogen-bond donors (Lipinski definition) is 1. The van der Waals surface area contributed by atoms with Gasteiger partial charge in [0.05, 0.1) is 0 Å². The normalized spacial score (nSPS) is 47.0. The zero-order valence-electron chi connectivity index (χ0n) is 15.9. The van der Waals surface area contributed by atoms with E-state index in [1.54, 1.807) is 6.07 Å². The molecule has 25 heavy (non-hydrogen) atoms. The van der Waals surface area contributed by atoms with Crippen molar-refractivity contribution < 1.29 is 14.6 Å². The summed E-state index contributed by atoms with van der Waals surface area (Å²) in [5.74, 6) is 2.23. The summed E-state index contributed by atoms with van der Waals surface area (Å²) in [6.07, 6.45) is 7.27. The van der Waals surface area contributed by atoms with Gasteiger partial charge in [0.1, 0.15) is 11.7 Å². The first-order valence-corrected chi connectivity index (χ1v) is 9.98. The number of phenolic OH excluding ortho intramolecular Hbond substituents is 1. The Bertz CT molecular complexity index is 743. The van der Waals surface area contributed by atoms with Gasteiger partial charge >= 0.3 is 0 Å². The number of aromatic hydroxyl groups is 1. The van der Waals surface area contributed by atoms with E-state index in [4.69, 9.17) is 9.47 Å². The topological polar surface area (TPSA) is 38.7 Å². The van der Waals surface area contributed by atoms with Crippen molar-refractivity contribution in [2.24, 2.45) is 17.3 Å². The van der Waals surface area contributed by atoms with Gasteiger partial charge in [-0.3, -0.25) is 0 Å². The largest absolute Gasteiger partial charge is 0.504 e. The van der Waals surface area contributed by atoms with Crippen LogP contribution in [0.25, 0.3) is 0 Å². The third-order valence-electron chi connectivity index (χ3n) is 8.80. The van der Waals surface area contributed by atoms with E-state index in [0.29, 0.717) is 17.6 Å². The molecule has 2 bridgehead atoms. The first-order valence-electron chi connectivity index (χ1n) is 9.98. The molecule has 1 aliphatic heterocycles. The van der Waals surface area contributed by atoms with Gasteiger partial charge in [-0.2, -0.15) is 0 Å². The Morgan fingerprint density at radius 3 is 2.68 bits per heavy atom. The summed E-state index contributed by atoms with van der Waals surface area (Å²) in [6.45, 7) is 7.01. The second kappa shape index (κ2) is 4.73. The van der Waals surface area contributed by atoms with Crippen LogP contribution >= 0.6 is 0 Å². The smallest absolute Gasteiger partial charge is 0.165 e. The van der Waals surface area contributed by atoms with Crippen molar-refractivity contribution in [2.75, 3.05) is 7.11 Å². The van der Waals surface area contributed by atoms with Crippen molar-refractivity contribution in [3.05, 3.63) is 23.3 Å². The molecule has 4 aliphatic carbocycles. The average molecular weight is 342 g/mol. The number of ether oxygens (including phenoxy) is 2. The van der Waals surface area contributed by atoms with E-state index in [1.165, 1.54) is 36.8 Å². The molecular formula is C22H30O3. The Morgan fingerprint density at radius 2 is 1.96 bits per heavy atom. The highest BCUT2D eigenvalue weighted by Crippen LogP contribution is 2.76. The molecule has 5 aliphatic rings. The molecule has 1 heterocycles. The Kier molecular flexibility index (Phi) is 3.03. The summed E-state index contributed by atoms with van der Waals surface area (Å²) < 4.78 is 12.9. The molecule has 6 atom stereocenters. The molecule has 1 aromatic carbocycles. The Hall–Kier alpha value is -1.22. The van der Waals surface area contributed by atoms with Crippen LogP contribution in [0.3, 0.4) is 0 Å². The minimum Gasteiger partial charge on any atom is -0.504 e. The second-order valence-electron chi connectivity index (χ2n) is 9.29. The fraction of sp³-hybridized carbons (Fsp3) is 0.727. The number of methoxy groups -OCH3 is 1. The lowest BCUT2D eigenvalue weighted by molar-refractivity contribution is -0.264. The third kappa shape index (κ3) is 1.51. The highest BCUT2D eigenvalue weighted by Gasteiger charge is 2.77. The van der Waals surface area contributed by atoms with Gasteiger partial charge in [0.15, 0.2) is 11.5 Å². The van der Waals surface area contributed by atoms with E-state index in [0.717, 1.165) is 18.6 Å². The average Bonchev–Trinajstić information content (AvgIpc) is 2.97. The number of aryl methyl sites for hydroxylation is 1. The van der Waals surface area contributed by atoms with Crippen LogP contribution in [0.1, 0.15) is 63.5 Å². The van der Waals surface area contributed by atoms with E-state index in [9.17, 15) is 5.11 Å². The molecule has 0 saturated heterocycles. The van der Waals surface area contributed by atoms with Gasteiger partial charge < -0.3 is 14.6 Å². The monoisotopic (exact) mass is 342 g/mol. The summed E-state index contributed by atoms with van der Waals surface area (Å²) in [7, 11) is 1.87. The van der Waals surface area contributed by atoms with Gasteiger partial charge in [-0.1, -0.05) is 32.8 Å². The lowest BCUT2D eigenvalue weighted by Gasteiger charge is -2.70. The summed E-state index contributed by atoms with van der Waals surface area (Å²) in [5.41, 5.74) is 2.63. The number of fused-ring (bicyclic) bond motifs is 3. The summed E-state index contributed by atoms with van der Waals surface area (Å²) in [5, 5.41) is 10.6. The molecule has 0 radical (unpaired) electrons. The molecule has 0 aromatic heterocycles. The standard InChI is InChI=1S/C22H30O3/c1-13-7-8-16(23)18-17(13)21-9-5-6-14(2)20(21)10-11-22(24-4,15(3)12-20)19(21)25-18/h7-8,14-15,19,23H,5-6,9-12H2,1-4H3/t14-,15-,19+,20+,21-,22+/m0/s1. The highest BCUT2D eigenvalue weighted by molar-refractivity contribution is 5.60. The zero-order valence-corrected chi connectivity index (χ0v) is 15.9. The molecule has 2 spiro atoms. The molecule has 1 aromatic rings. The molecule has 3 heteroatoms. The van der Waals surface area contributed by atoms with Crippen molar-refractivity contribution in [3.8, 4) is 11.5 Å². The van der Waals surface area contributed by atoms with Crippen molar-refractivity contribution in [2.45, 2.75) is 76.4 Å². The van der Waals surface area contributed by atoms with Gasteiger partial charge in [0.25, 0.3) is 0 Å². The number of benzene rings is 1. The number of hydrogen-bond acceptors (Lipinski definition) is 3. The number of rotatable bonds is 1. The molecule has 4 fully saturated rings. The van der Waals surface area contributed by atoms with E-state index in [2.05, 4.69) is 26.8 Å². The fourth-order valence-corrected chi connectivity index (χ4v) is 7.77. The van der Waals surface area contributed by atoms with Crippen molar-refractivity contribution >= 4 is 0 Å². The predicted octanol–water partition coefficient (Wildman–Crippen LogP) is 4.72. The third-order valence-corrected chi connectivity index (χ3v) is 8.80. The van der Waals surface area contributed by atoms with Crippen LogP contribution in [0.5, 0.6) is 11.5 Å². The van der Waals surface area contributed by atoms with Crippen molar-refractivity contribution in [1.29, 1.82) is 0 Å². The maximum absolute atomic E-state index is 10.6. The summed E-state index contributed by atoms with van der Waals surface area (Å²) in [6, 6.07) is 3.87. The van der Waals surface area contributed by atoms with Gasteiger partial charge in [-0.15, -0.1) is 0 Å². The van der Waals surface area contributed by atoms with Crippen LogP contribution in [0, 0.1) is 24.2 Å². The Morgan fingerprint density at radius 1 is 1.16 bits per heavy atom. The first-order chi connectivity index (χ1) is 11.9. The second-order valence-corrected chi connectivity index (χ2v) is 9.29. The van der Waals surface area contributed by atoms with Crippen LogP contribution in [0.4, 0.5) is 0 Å². The molecule has 6 rings (SSSR count). The summed E-state index contributed by atoms with van der Waals surface area (Å²) in [4.78, 5) is 0. The highest BCUT2D eigenvalue weighted by atomic mass is 16.6. The zero-order chi connectivity index (χ0) is 17.6. The molecule has 0 amide bonds. The van der Waals surface area contributed by atoms with E-state index in [1.807, 2.05) is 7.11 Å². The SMILES string of the molecule is CO[C@]12CC[C@@]3(C[C@@H]1C)[C@@H](C)CCC[C@@]31c3c(C)ccc(O)c3O[C@@H]21. The fourth-order valence-electron chi connectivity index (χ4n) is 7.77. The van der Waals surface area contributed by atoms with Crippen LogP contribution in [0.2, 0.25) is 0 Å². The Balaban J connectivity index is 1.85.